The topological polar surface area (TPSA) is 50.1 Å². The van der Waals surface area contributed by atoms with Gasteiger partial charge in [-0.1, -0.05) is 48.0 Å². The van der Waals surface area contributed by atoms with Crippen LogP contribution in [0.2, 0.25) is 0 Å². The van der Waals surface area contributed by atoms with Crippen LogP contribution in [0.4, 0.5) is 0 Å². The first-order valence-corrected chi connectivity index (χ1v) is 9.39. The molecular formula is C25H21NO2. The maximum absolute atomic E-state index is 13.0. The van der Waals surface area contributed by atoms with Gasteiger partial charge in [0.2, 0.25) is 0 Å². The van der Waals surface area contributed by atoms with Gasteiger partial charge < -0.3 is 4.74 Å². The zero-order valence-electron chi connectivity index (χ0n) is 16.2. The zero-order chi connectivity index (χ0) is 19.8. The fourth-order valence-corrected chi connectivity index (χ4v) is 3.91. The van der Waals surface area contributed by atoms with E-state index in [1.165, 1.54) is 5.56 Å². The number of fused-ring (bicyclic) bond motifs is 1. The van der Waals surface area contributed by atoms with Gasteiger partial charge in [0.15, 0.2) is 5.78 Å². The molecule has 3 aromatic rings. The Morgan fingerprint density at radius 3 is 2.21 bits per heavy atom. The van der Waals surface area contributed by atoms with E-state index in [0.29, 0.717) is 23.3 Å². The van der Waals surface area contributed by atoms with Gasteiger partial charge in [0, 0.05) is 5.56 Å². The Morgan fingerprint density at radius 1 is 0.929 bits per heavy atom. The number of hydrogen-bond acceptors (Lipinski definition) is 3. The molecule has 3 heteroatoms. The Morgan fingerprint density at radius 2 is 1.57 bits per heavy atom. The summed E-state index contributed by atoms with van der Waals surface area (Å²) in [4.78, 5) is 13.0. The molecule has 0 saturated carbocycles. The molecule has 4 rings (SSSR count). The summed E-state index contributed by atoms with van der Waals surface area (Å²) in [5.41, 5.74) is 7.34. The molecule has 1 aliphatic rings. The van der Waals surface area contributed by atoms with Crippen LogP contribution in [0.25, 0.3) is 11.1 Å². The van der Waals surface area contributed by atoms with Crippen molar-refractivity contribution in [1.29, 1.82) is 5.26 Å². The number of Topliss-reactive ketones (excluding diaryl/α,β-unsaturated/α-hetero) is 1. The van der Waals surface area contributed by atoms with Crippen molar-refractivity contribution in [3.8, 4) is 22.9 Å². The molecule has 28 heavy (non-hydrogen) atoms. The molecule has 0 N–H and O–H groups in total. The molecule has 0 aromatic heterocycles. The molecule has 3 aromatic carbocycles. The normalized spacial score (nSPS) is 15.5. The smallest absolute Gasteiger partial charge is 0.170 e. The number of hydrogen-bond donors (Lipinski definition) is 0. The van der Waals surface area contributed by atoms with E-state index in [-0.39, 0.29) is 11.9 Å². The van der Waals surface area contributed by atoms with Crippen molar-refractivity contribution in [3.63, 3.8) is 0 Å². The molecule has 0 fully saturated rings. The second kappa shape index (κ2) is 6.98. The monoisotopic (exact) mass is 367 g/mol. The summed E-state index contributed by atoms with van der Waals surface area (Å²) in [6, 6.07) is 19.8. The maximum atomic E-state index is 13.0. The summed E-state index contributed by atoms with van der Waals surface area (Å²) in [6.07, 6.45) is 0.0474. The van der Waals surface area contributed by atoms with E-state index in [9.17, 15) is 4.79 Å². The quantitative estimate of drug-likeness (QED) is 0.570. The van der Waals surface area contributed by atoms with Gasteiger partial charge in [0.25, 0.3) is 0 Å². The van der Waals surface area contributed by atoms with Gasteiger partial charge in [0.1, 0.15) is 11.9 Å². The molecule has 1 heterocycles. The number of benzene rings is 3. The van der Waals surface area contributed by atoms with Crippen molar-refractivity contribution in [1.82, 2.24) is 0 Å². The molecule has 0 aliphatic carbocycles. The van der Waals surface area contributed by atoms with Crippen molar-refractivity contribution in [2.24, 2.45) is 0 Å². The van der Waals surface area contributed by atoms with E-state index in [0.717, 1.165) is 27.8 Å². The Hall–Kier alpha value is -3.38. The molecule has 0 amide bonds. The highest BCUT2D eigenvalue weighted by Gasteiger charge is 2.32. The molecule has 138 valence electrons. The van der Waals surface area contributed by atoms with Crippen LogP contribution < -0.4 is 4.74 Å². The second-order valence-electron chi connectivity index (χ2n) is 7.42. The molecule has 0 saturated heterocycles. The first-order chi connectivity index (χ1) is 13.5. The minimum Gasteiger partial charge on any atom is -0.484 e. The molecule has 1 unspecified atom stereocenters. The molecule has 3 nitrogen and oxygen atoms in total. The molecule has 0 bridgehead atoms. The third-order valence-electron chi connectivity index (χ3n) is 5.34. The van der Waals surface area contributed by atoms with Gasteiger partial charge in [0.05, 0.1) is 23.6 Å². The standard InChI is InChI=1S/C25H21NO2/c1-15-4-8-19(9-5-15)22-13-21(27)24-17(3)12-16(2)23(25(24)28-22)20-10-6-18(14-26)7-11-20/h4-12,22H,13H2,1-3H3. The summed E-state index contributed by atoms with van der Waals surface area (Å²) < 4.78 is 6.45. The van der Waals surface area contributed by atoms with Gasteiger partial charge >= 0.3 is 0 Å². The van der Waals surface area contributed by atoms with Crippen molar-refractivity contribution in [2.45, 2.75) is 33.3 Å². The maximum Gasteiger partial charge on any atom is 0.170 e. The predicted molar refractivity (Wildman–Crippen MR) is 110 cm³/mol. The largest absolute Gasteiger partial charge is 0.484 e. The first-order valence-electron chi connectivity index (χ1n) is 9.39. The molecule has 1 aliphatic heterocycles. The van der Waals surface area contributed by atoms with E-state index >= 15 is 0 Å². The summed E-state index contributed by atoms with van der Waals surface area (Å²) in [6.45, 7) is 6.04. The number of carbonyl (C=O) groups is 1. The lowest BCUT2D eigenvalue weighted by molar-refractivity contribution is 0.0850. The lowest BCUT2D eigenvalue weighted by Gasteiger charge is -2.29. The Bertz CT molecular complexity index is 1100. The Kier molecular flexibility index (Phi) is 4.49. The number of rotatable bonds is 2. The number of nitriles is 1. The van der Waals surface area contributed by atoms with Crippen molar-refractivity contribution < 1.29 is 9.53 Å². The Labute approximate surface area is 165 Å². The van der Waals surface area contributed by atoms with Gasteiger partial charge in [-0.15, -0.1) is 0 Å². The van der Waals surface area contributed by atoms with Crippen LogP contribution >= 0.6 is 0 Å². The molecule has 0 radical (unpaired) electrons. The summed E-state index contributed by atoms with van der Waals surface area (Å²) in [7, 11) is 0. The Balaban J connectivity index is 1.86. The van der Waals surface area contributed by atoms with Gasteiger partial charge in [-0.25, -0.2) is 0 Å². The van der Waals surface area contributed by atoms with Gasteiger partial charge in [-0.05, 0) is 55.2 Å². The van der Waals surface area contributed by atoms with E-state index in [4.69, 9.17) is 10.00 Å². The molecule has 1 atom stereocenters. The van der Waals surface area contributed by atoms with Crippen molar-refractivity contribution in [3.05, 3.63) is 88.0 Å². The lowest BCUT2D eigenvalue weighted by Crippen LogP contribution is -2.22. The second-order valence-corrected chi connectivity index (χ2v) is 7.42. The van der Waals surface area contributed by atoms with Crippen LogP contribution in [0.1, 0.15) is 50.7 Å². The van der Waals surface area contributed by atoms with Crippen LogP contribution in [0, 0.1) is 32.1 Å². The minimum absolute atomic E-state index is 0.110. The number of carbonyl (C=O) groups excluding carboxylic acids is 1. The van der Waals surface area contributed by atoms with E-state index < -0.39 is 0 Å². The van der Waals surface area contributed by atoms with Gasteiger partial charge in [-0.3, -0.25) is 4.79 Å². The summed E-state index contributed by atoms with van der Waals surface area (Å²) in [5.74, 6) is 0.767. The summed E-state index contributed by atoms with van der Waals surface area (Å²) >= 11 is 0. The highest BCUT2D eigenvalue weighted by atomic mass is 16.5. The zero-order valence-corrected chi connectivity index (χ0v) is 16.2. The average molecular weight is 367 g/mol. The van der Waals surface area contributed by atoms with E-state index in [2.05, 4.69) is 6.07 Å². The predicted octanol–water partition coefficient (Wildman–Crippen LogP) is 5.86. The third-order valence-corrected chi connectivity index (χ3v) is 5.34. The van der Waals surface area contributed by atoms with Crippen molar-refractivity contribution >= 4 is 5.78 Å². The highest BCUT2D eigenvalue weighted by Crippen LogP contribution is 2.44. The third kappa shape index (κ3) is 3.08. The SMILES string of the molecule is Cc1ccc(C2CC(=O)c3c(C)cc(C)c(-c4ccc(C#N)cc4)c3O2)cc1. The number of nitrogens with zero attached hydrogens (tertiary/aromatic N) is 1. The van der Waals surface area contributed by atoms with E-state index in [1.54, 1.807) is 12.1 Å². The van der Waals surface area contributed by atoms with E-state index in [1.807, 2.05) is 63.2 Å². The van der Waals surface area contributed by atoms with Crippen LogP contribution in [0.15, 0.2) is 54.6 Å². The molecular weight excluding hydrogens is 346 g/mol. The fourth-order valence-electron chi connectivity index (χ4n) is 3.91. The first kappa shape index (κ1) is 18.0. The number of aryl methyl sites for hydroxylation is 3. The average Bonchev–Trinajstić information content (AvgIpc) is 2.68. The summed E-state index contributed by atoms with van der Waals surface area (Å²) in [5, 5.41) is 9.08. The van der Waals surface area contributed by atoms with Crippen molar-refractivity contribution in [2.75, 3.05) is 0 Å². The van der Waals surface area contributed by atoms with Crippen LogP contribution in [-0.4, -0.2) is 5.78 Å². The highest BCUT2D eigenvalue weighted by molar-refractivity contribution is 6.04. The lowest BCUT2D eigenvalue weighted by atomic mass is 9.87. The fraction of sp³-hybridized carbons (Fsp3) is 0.200. The van der Waals surface area contributed by atoms with Crippen LogP contribution in [0.5, 0.6) is 5.75 Å². The van der Waals surface area contributed by atoms with Crippen LogP contribution in [0.3, 0.4) is 0 Å². The number of ether oxygens (including phenoxy) is 1. The van der Waals surface area contributed by atoms with Gasteiger partial charge in [-0.2, -0.15) is 5.26 Å². The van der Waals surface area contributed by atoms with Crippen LogP contribution in [-0.2, 0) is 0 Å². The minimum atomic E-state index is -0.293. The number of ketones is 1. The molecule has 0 spiro atoms.